The Balaban J connectivity index is 1.75. The number of aromatic nitrogens is 2. The Labute approximate surface area is 131 Å². The SMILES string of the molecule is O=c1cc(Cl)[nH]nc1Oc1c(F)cc(C2CC2)cc1C1CC1. The van der Waals surface area contributed by atoms with Gasteiger partial charge in [0.25, 0.3) is 5.88 Å². The van der Waals surface area contributed by atoms with Crippen molar-refractivity contribution in [2.24, 2.45) is 0 Å². The quantitative estimate of drug-likeness (QED) is 0.922. The Hall–Kier alpha value is -1.88. The molecule has 0 radical (unpaired) electrons. The molecule has 1 N–H and O–H groups in total. The van der Waals surface area contributed by atoms with Crippen LogP contribution in [0.5, 0.6) is 11.6 Å². The number of halogens is 2. The van der Waals surface area contributed by atoms with Crippen molar-refractivity contribution in [1.82, 2.24) is 10.2 Å². The van der Waals surface area contributed by atoms with Crippen LogP contribution in [0.3, 0.4) is 0 Å². The van der Waals surface area contributed by atoms with E-state index in [1.165, 1.54) is 6.07 Å². The highest BCUT2D eigenvalue weighted by Gasteiger charge is 2.32. The van der Waals surface area contributed by atoms with E-state index in [4.69, 9.17) is 16.3 Å². The average molecular weight is 321 g/mol. The van der Waals surface area contributed by atoms with E-state index in [1.807, 2.05) is 6.07 Å². The van der Waals surface area contributed by atoms with Gasteiger partial charge in [0.2, 0.25) is 5.43 Å². The molecule has 0 unspecified atom stereocenters. The van der Waals surface area contributed by atoms with Crippen molar-refractivity contribution in [3.8, 4) is 11.6 Å². The molecule has 6 heteroatoms. The van der Waals surface area contributed by atoms with Crippen molar-refractivity contribution in [2.75, 3.05) is 0 Å². The summed E-state index contributed by atoms with van der Waals surface area (Å²) in [6.07, 6.45) is 4.27. The number of hydrogen-bond donors (Lipinski definition) is 1. The first-order valence-corrected chi connectivity index (χ1v) is 7.76. The number of benzene rings is 1. The van der Waals surface area contributed by atoms with E-state index >= 15 is 0 Å². The molecule has 1 heterocycles. The fraction of sp³-hybridized carbons (Fsp3) is 0.375. The molecule has 0 saturated heterocycles. The molecule has 4 nitrogen and oxygen atoms in total. The molecule has 2 fully saturated rings. The number of rotatable bonds is 4. The highest BCUT2D eigenvalue weighted by Crippen LogP contribution is 2.49. The van der Waals surface area contributed by atoms with Gasteiger partial charge in [-0.1, -0.05) is 17.7 Å². The number of hydrogen-bond acceptors (Lipinski definition) is 3. The molecule has 1 aromatic heterocycles. The summed E-state index contributed by atoms with van der Waals surface area (Å²) < 4.78 is 20.0. The summed E-state index contributed by atoms with van der Waals surface area (Å²) >= 11 is 5.66. The molecule has 0 atom stereocenters. The molecule has 2 saturated carbocycles. The zero-order valence-electron chi connectivity index (χ0n) is 11.7. The minimum Gasteiger partial charge on any atom is -0.431 e. The van der Waals surface area contributed by atoms with Crippen LogP contribution in [-0.4, -0.2) is 10.2 Å². The fourth-order valence-corrected chi connectivity index (χ4v) is 2.77. The summed E-state index contributed by atoms with van der Waals surface area (Å²) in [7, 11) is 0. The second kappa shape index (κ2) is 5.09. The van der Waals surface area contributed by atoms with Crippen LogP contribution >= 0.6 is 11.6 Å². The molecule has 1 aromatic carbocycles. The maximum Gasteiger partial charge on any atom is 0.285 e. The van der Waals surface area contributed by atoms with E-state index in [-0.39, 0.29) is 16.8 Å². The Morgan fingerprint density at radius 2 is 1.91 bits per heavy atom. The van der Waals surface area contributed by atoms with Gasteiger partial charge in [0.05, 0.1) is 0 Å². The zero-order valence-corrected chi connectivity index (χ0v) is 12.5. The maximum absolute atomic E-state index is 14.5. The van der Waals surface area contributed by atoms with Gasteiger partial charge in [-0.25, -0.2) is 4.39 Å². The van der Waals surface area contributed by atoms with E-state index in [0.29, 0.717) is 11.8 Å². The van der Waals surface area contributed by atoms with Crippen molar-refractivity contribution in [1.29, 1.82) is 0 Å². The largest absolute Gasteiger partial charge is 0.431 e. The minimum absolute atomic E-state index is 0.115. The monoisotopic (exact) mass is 320 g/mol. The third-order valence-corrected chi connectivity index (χ3v) is 4.29. The Kier molecular flexibility index (Phi) is 3.18. The first kappa shape index (κ1) is 13.8. The molecule has 2 aliphatic rings. The van der Waals surface area contributed by atoms with Gasteiger partial charge in [0.15, 0.2) is 11.6 Å². The van der Waals surface area contributed by atoms with Crippen molar-refractivity contribution in [3.05, 3.63) is 50.5 Å². The summed E-state index contributed by atoms with van der Waals surface area (Å²) in [4.78, 5) is 11.8. The van der Waals surface area contributed by atoms with Crippen LogP contribution in [0.25, 0.3) is 0 Å². The van der Waals surface area contributed by atoms with E-state index < -0.39 is 11.2 Å². The number of aromatic amines is 1. The summed E-state index contributed by atoms with van der Waals surface area (Å²) in [6, 6.07) is 4.71. The second-order valence-corrected chi connectivity index (χ2v) is 6.36. The van der Waals surface area contributed by atoms with Crippen molar-refractivity contribution in [3.63, 3.8) is 0 Å². The third-order valence-electron chi connectivity index (χ3n) is 4.09. The lowest BCUT2D eigenvalue weighted by atomic mass is 10.0. The Bertz CT molecular complexity index is 797. The summed E-state index contributed by atoms with van der Waals surface area (Å²) in [5.74, 6) is 0.284. The lowest BCUT2D eigenvalue weighted by molar-refractivity contribution is 0.412. The van der Waals surface area contributed by atoms with Crippen LogP contribution < -0.4 is 10.2 Å². The van der Waals surface area contributed by atoms with Crippen LogP contribution in [0.15, 0.2) is 23.0 Å². The normalized spacial score (nSPS) is 17.5. The summed E-state index contributed by atoms with van der Waals surface area (Å²) in [5, 5.41) is 6.31. The van der Waals surface area contributed by atoms with Crippen molar-refractivity contribution < 1.29 is 9.13 Å². The number of ether oxygens (including phenoxy) is 1. The lowest BCUT2D eigenvalue weighted by Crippen LogP contribution is -2.09. The van der Waals surface area contributed by atoms with Gasteiger partial charge >= 0.3 is 0 Å². The molecule has 114 valence electrons. The van der Waals surface area contributed by atoms with Gasteiger partial charge < -0.3 is 4.74 Å². The highest BCUT2D eigenvalue weighted by molar-refractivity contribution is 6.29. The molecule has 22 heavy (non-hydrogen) atoms. The summed E-state index contributed by atoms with van der Waals surface area (Å²) in [6.45, 7) is 0. The van der Waals surface area contributed by atoms with Crippen LogP contribution in [0.4, 0.5) is 4.39 Å². The Morgan fingerprint density at radius 1 is 1.18 bits per heavy atom. The first-order valence-electron chi connectivity index (χ1n) is 7.38. The van der Waals surface area contributed by atoms with Crippen LogP contribution in [0, 0.1) is 5.82 Å². The van der Waals surface area contributed by atoms with Gasteiger partial charge in [0.1, 0.15) is 5.15 Å². The van der Waals surface area contributed by atoms with Gasteiger partial charge in [-0.05, 0) is 49.1 Å². The lowest BCUT2D eigenvalue weighted by Gasteiger charge is -2.12. The molecule has 0 amide bonds. The van der Waals surface area contributed by atoms with E-state index in [2.05, 4.69) is 10.2 Å². The van der Waals surface area contributed by atoms with E-state index in [1.54, 1.807) is 0 Å². The van der Waals surface area contributed by atoms with Crippen LogP contribution in [0.1, 0.15) is 48.6 Å². The molecular formula is C16H14ClFN2O2. The molecular weight excluding hydrogens is 307 g/mol. The number of nitrogens with zero attached hydrogens (tertiary/aromatic N) is 1. The van der Waals surface area contributed by atoms with Crippen molar-refractivity contribution in [2.45, 2.75) is 37.5 Å². The van der Waals surface area contributed by atoms with E-state index in [9.17, 15) is 9.18 Å². The highest BCUT2D eigenvalue weighted by atomic mass is 35.5. The maximum atomic E-state index is 14.5. The van der Waals surface area contributed by atoms with Crippen LogP contribution in [-0.2, 0) is 0 Å². The van der Waals surface area contributed by atoms with Gasteiger partial charge in [-0.2, -0.15) is 0 Å². The molecule has 2 aromatic rings. The first-order chi connectivity index (χ1) is 10.6. The third kappa shape index (κ3) is 2.61. The minimum atomic E-state index is -0.476. The predicted octanol–water partition coefficient (Wildman–Crippen LogP) is 4.11. The van der Waals surface area contributed by atoms with Gasteiger partial charge in [0, 0.05) is 11.6 Å². The van der Waals surface area contributed by atoms with Crippen LogP contribution in [0.2, 0.25) is 5.15 Å². The average Bonchev–Trinajstić information content (AvgIpc) is 3.37. The number of H-pyrrole nitrogens is 1. The smallest absolute Gasteiger partial charge is 0.285 e. The fourth-order valence-electron chi connectivity index (χ4n) is 2.63. The predicted molar refractivity (Wildman–Crippen MR) is 80.3 cm³/mol. The van der Waals surface area contributed by atoms with E-state index in [0.717, 1.165) is 42.9 Å². The zero-order chi connectivity index (χ0) is 15.3. The van der Waals surface area contributed by atoms with Gasteiger partial charge in [-0.3, -0.25) is 9.89 Å². The summed E-state index contributed by atoms with van der Waals surface area (Å²) in [5.41, 5.74) is 1.40. The molecule has 0 bridgehead atoms. The number of nitrogens with one attached hydrogen (secondary N) is 1. The molecule has 0 aliphatic heterocycles. The Morgan fingerprint density at radius 3 is 2.55 bits per heavy atom. The molecule has 2 aliphatic carbocycles. The molecule has 4 rings (SSSR count). The van der Waals surface area contributed by atoms with Crippen molar-refractivity contribution >= 4 is 11.6 Å². The second-order valence-electron chi connectivity index (χ2n) is 5.96. The standard InChI is InChI=1S/C16H14ClFN2O2/c17-14-7-13(21)16(20-19-14)22-15-11(9-3-4-9)5-10(6-12(15)18)8-1-2-8/h5-9H,1-4H2,(H,19,21). The van der Waals surface area contributed by atoms with Gasteiger partial charge in [-0.15, -0.1) is 5.10 Å². The topological polar surface area (TPSA) is 55.0 Å². The molecule has 0 spiro atoms.